The predicted octanol–water partition coefficient (Wildman–Crippen LogP) is 13.2. The van der Waals surface area contributed by atoms with Crippen LogP contribution in [0.1, 0.15) is 97.8 Å². The van der Waals surface area contributed by atoms with Crippen LogP contribution in [0.3, 0.4) is 0 Å². The predicted molar refractivity (Wildman–Crippen MR) is 264 cm³/mol. The van der Waals surface area contributed by atoms with Crippen molar-refractivity contribution in [1.82, 2.24) is 4.98 Å². The van der Waals surface area contributed by atoms with Gasteiger partial charge in [-0.05, 0) is 142 Å². The molecule has 0 spiro atoms. The van der Waals surface area contributed by atoms with Crippen LogP contribution in [-0.4, -0.2) is 17.2 Å². The summed E-state index contributed by atoms with van der Waals surface area (Å²) in [6, 6.07) is 53.5. The van der Waals surface area contributed by atoms with Crippen LogP contribution < -0.4 is 31.1 Å². The fourth-order valence-corrected chi connectivity index (χ4v) is 11.6. The van der Waals surface area contributed by atoms with E-state index in [1.807, 2.05) is 18.5 Å². The second kappa shape index (κ2) is 13.7. The van der Waals surface area contributed by atoms with E-state index in [1.54, 1.807) is 0 Å². The highest BCUT2D eigenvalue weighted by molar-refractivity contribution is 7.00. The molecule has 6 aromatic carbocycles. The number of anilines is 8. The van der Waals surface area contributed by atoms with Gasteiger partial charge in [0.05, 0.1) is 5.54 Å². The molecule has 2 unspecified atom stereocenters. The molecule has 0 amide bonds. The van der Waals surface area contributed by atoms with E-state index in [0.29, 0.717) is 0 Å². The van der Waals surface area contributed by atoms with Crippen molar-refractivity contribution in [2.45, 2.75) is 103 Å². The Kier molecular flexibility index (Phi) is 8.59. The maximum Gasteiger partial charge on any atom is 0.252 e. The van der Waals surface area contributed by atoms with Gasteiger partial charge in [0.25, 0.3) is 6.71 Å². The molecule has 4 nitrogen and oxygen atoms in total. The SMILES string of the molecule is CC(C)(C)c1ccc(N2c3ccc(C(C)(C)C)cc3B3c4ccccc4N(c4ccccc4)c4cc(N5c6ccc(-c7cccnc7)cc6C6(C)CCCCC56C)cc2c43)cc1. The van der Waals surface area contributed by atoms with Gasteiger partial charge in [-0.25, -0.2) is 0 Å². The van der Waals surface area contributed by atoms with E-state index >= 15 is 0 Å². The summed E-state index contributed by atoms with van der Waals surface area (Å²) in [5.41, 5.74) is 20.4. The van der Waals surface area contributed by atoms with E-state index < -0.39 is 0 Å². The Bertz CT molecular complexity index is 2870. The maximum atomic E-state index is 4.51. The number of para-hydroxylation sites is 2. The van der Waals surface area contributed by atoms with Gasteiger partial charge in [0.2, 0.25) is 0 Å². The minimum Gasteiger partial charge on any atom is -0.334 e. The molecule has 1 aromatic heterocycles. The van der Waals surface area contributed by atoms with Gasteiger partial charge in [0.1, 0.15) is 0 Å². The Morgan fingerprint density at radius 2 is 1.15 bits per heavy atom. The van der Waals surface area contributed by atoms with Crippen LogP contribution in [0, 0.1) is 0 Å². The minimum atomic E-state index is -0.140. The number of hydrogen-bond acceptors (Lipinski definition) is 4. The van der Waals surface area contributed by atoms with Crippen LogP contribution in [0.4, 0.5) is 45.5 Å². The van der Waals surface area contributed by atoms with Crippen molar-refractivity contribution in [1.29, 1.82) is 0 Å². The summed E-state index contributed by atoms with van der Waals surface area (Å²) in [6.45, 7) is 19.1. The van der Waals surface area contributed by atoms with Gasteiger partial charge < -0.3 is 14.7 Å². The molecule has 3 aliphatic heterocycles. The molecular weight excluding hydrogens is 751 g/mol. The summed E-state index contributed by atoms with van der Waals surface area (Å²) in [5, 5.41) is 0. The molecule has 0 bridgehead atoms. The highest BCUT2D eigenvalue weighted by Crippen LogP contribution is 2.62. The molecule has 62 heavy (non-hydrogen) atoms. The zero-order valence-corrected chi connectivity index (χ0v) is 37.6. The molecule has 11 rings (SSSR count). The van der Waals surface area contributed by atoms with Crippen LogP contribution in [0.25, 0.3) is 11.1 Å². The Balaban J connectivity index is 1.23. The third-order valence-electron chi connectivity index (χ3n) is 15.2. The van der Waals surface area contributed by atoms with E-state index in [-0.39, 0.29) is 28.5 Å². The molecule has 1 fully saturated rings. The topological polar surface area (TPSA) is 22.6 Å². The molecule has 4 heterocycles. The molecule has 0 radical (unpaired) electrons. The van der Waals surface area contributed by atoms with Gasteiger partial charge in [-0.1, -0.05) is 134 Å². The number of benzene rings is 6. The lowest BCUT2D eigenvalue weighted by atomic mass is 9.33. The highest BCUT2D eigenvalue weighted by Gasteiger charge is 2.58. The van der Waals surface area contributed by atoms with Gasteiger partial charge in [-0.2, -0.15) is 0 Å². The largest absolute Gasteiger partial charge is 0.334 e. The minimum absolute atomic E-state index is 0.00638. The zero-order chi connectivity index (χ0) is 42.8. The summed E-state index contributed by atoms with van der Waals surface area (Å²) >= 11 is 0. The lowest BCUT2D eigenvalue weighted by Gasteiger charge is -2.51. The molecule has 2 atom stereocenters. The van der Waals surface area contributed by atoms with Crippen LogP contribution in [-0.2, 0) is 16.2 Å². The third kappa shape index (κ3) is 5.69. The first-order chi connectivity index (χ1) is 29.8. The maximum absolute atomic E-state index is 4.51. The number of pyridine rings is 1. The van der Waals surface area contributed by atoms with Crippen molar-refractivity contribution in [2.75, 3.05) is 14.7 Å². The summed E-state index contributed by atoms with van der Waals surface area (Å²) in [4.78, 5) is 12.4. The fourth-order valence-electron chi connectivity index (χ4n) is 11.6. The van der Waals surface area contributed by atoms with E-state index in [1.165, 1.54) is 97.0 Å². The summed E-state index contributed by atoms with van der Waals surface area (Å²) in [5.74, 6) is 0. The van der Waals surface area contributed by atoms with Gasteiger partial charge >= 0.3 is 0 Å². The lowest BCUT2D eigenvalue weighted by Crippen LogP contribution is -2.61. The first-order valence-electron chi connectivity index (χ1n) is 22.8. The van der Waals surface area contributed by atoms with Crippen molar-refractivity contribution in [3.8, 4) is 11.1 Å². The van der Waals surface area contributed by atoms with Crippen molar-refractivity contribution < 1.29 is 0 Å². The lowest BCUT2D eigenvalue weighted by molar-refractivity contribution is 0.195. The van der Waals surface area contributed by atoms with Gasteiger partial charge in [0, 0.05) is 63.3 Å². The van der Waals surface area contributed by atoms with E-state index in [0.717, 1.165) is 18.4 Å². The van der Waals surface area contributed by atoms with Crippen molar-refractivity contribution >= 4 is 68.6 Å². The van der Waals surface area contributed by atoms with E-state index in [4.69, 9.17) is 0 Å². The Morgan fingerprint density at radius 3 is 1.84 bits per heavy atom. The fraction of sp³-hybridized carbons (Fsp3) is 0.281. The summed E-state index contributed by atoms with van der Waals surface area (Å²) < 4.78 is 0. The van der Waals surface area contributed by atoms with Crippen LogP contribution >= 0.6 is 0 Å². The van der Waals surface area contributed by atoms with Gasteiger partial charge in [0.15, 0.2) is 0 Å². The molecule has 5 heteroatoms. The highest BCUT2D eigenvalue weighted by atomic mass is 15.3. The average molecular weight is 809 g/mol. The van der Waals surface area contributed by atoms with Crippen molar-refractivity contribution in [2.24, 2.45) is 0 Å². The number of hydrogen-bond donors (Lipinski definition) is 0. The third-order valence-corrected chi connectivity index (χ3v) is 15.2. The second-order valence-corrected chi connectivity index (χ2v) is 20.8. The molecular formula is C57H57BN4. The van der Waals surface area contributed by atoms with Crippen LogP contribution in [0.15, 0.2) is 152 Å². The van der Waals surface area contributed by atoms with Gasteiger partial charge in [-0.3, -0.25) is 4.98 Å². The zero-order valence-electron chi connectivity index (χ0n) is 37.6. The molecule has 0 N–H and O–H groups in total. The number of nitrogens with zero attached hydrogens (tertiary/aromatic N) is 4. The second-order valence-electron chi connectivity index (χ2n) is 20.8. The van der Waals surface area contributed by atoms with Crippen molar-refractivity contribution in [3.05, 3.63) is 169 Å². The Labute approximate surface area is 369 Å². The summed E-state index contributed by atoms with van der Waals surface area (Å²) in [7, 11) is 0. The Hall–Kier alpha value is -6.07. The van der Waals surface area contributed by atoms with Crippen molar-refractivity contribution in [3.63, 3.8) is 0 Å². The summed E-state index contributed by atoms with van der Waals surface area (Å²) in [6.07, 6.45) is 8.59. The molecule has 1 aliphatic carbocycles. The van der Waals surface area contributed by atoms with E-state index in [2.05, 4.69) is 209 Å². The molecule has 4 aliphatic rings. The molecule has 1 saturated carbocycles. The van der Waals surface area contributed by atoms with E-state index in [9.17, 15) is 0 Å². The quantitative estimate of drug-likeness (QED) is 0.165. The smallest absolute Gasteiger partial charge is 0.252 e. The Morgan fingerprint density at radius 1 is 0.516 bits per heavy atom. The number of rotatable bonds is 4. The first-order valence-corrected chi connectivity index (χ1v) is 22.8. The van der Waals surface area contributed by atoms with Crippen LogP contribution in [0.5, 0.6) is 0 Å². The molecule has 7 aromatic rings. The molecule has 0 saturated heterocycles. The number of fused-ring (bicyclic) bond motifs is 7. The number of aromatic nitrogens is 1. The standard InChI is InChI=1S/C57H57BN4/c1-54(2,3)40-23-26-43(27-24-40)61-50-29-25-41(55(4,5)6)34-47(50)58-46-20-12-13-21-49(46)60(42-18-10-9-11-19-42)51-35-44(36-52(61)53(51)58)62-48-28-22-38(39-17-16-32-59-37-39)33-45(48)56(7)30-14-15-31-57(56,62)8/h9-13,16-29,32-37H,14-15,30-31H2,1-8H3. The normalized spacial score (nSPS) is 20.0. The van der Waals surface area contributed by atoms with Crippen LogP contribution in [0.2, 0.25) is 0 Å². The monoisotopic (exact) mass is 808 g/mol. The first kappa shape index (κ1) is 38.8. The average Bonchev–Trinajstić information content (AvgIpc) is 3.48. The molecule has 308 valence electrons. The van der Waals surface area contributed by atoms with Gasteiger partial charge in [-0.15, -0.1) is 0 Å².